The number of nitrogens with zero attached hydrogens (tertiary/aromatic N) is 1. The Morgan fingerprint density at radius 3 is 2.42 bits per heavy atom. The third kappa shape index (κ3) is 5.60. The fourth-order valence-corrected chi connectivity index (χ4v) is 3.70. The molecule has 0 spiro atoms. The molecule has 10 heteroatoms. The first-order valence-corrected chi connectivity index (χ1v) is 10.4. The normalized spacial score (nSPS) is 20.5. The van der Waals surface area contributed by atoms with Gasteiger partial charge in [-0.25, -0.2) is 4.39 Å². The van der Waals surface area contributed by atoms with E-state index >= 15 is 0 Å². The van der Waals surface area contributed by atoms with Crippen molar-refractivity contribution in [2.75, 3.05) is 0 Å². The summed E-state index contributed by atoms with van der Waals surface area (Å²) in [7, 11) is 0. The summed E-state index contributed by atoms with van der Waals surface area (Å²) in [5.41, 5.74) is -0.705. The predicted octanol–water partition coefficient (Wildman–Crippen LogP) is 7.34. The minimum absolute atomic E-state index is 0.134. The fourth-order valence-electron chi connectivity index (χ4n) is 3.44. The molecule has 33 heavy (non-hydrogen) atoms. The lowest BCUT2D eigenvalue weighted by Crippen LogP contribution is -2.15. The molecule has 3 rings (SSSR count). The van der Waals surface area contributed by atoms with Crippen LogP contribution < -0.4 is 4.74 Å². The van der Waals surface area contributed by atoms with Gasteiger partial charge in [-0.2, -0.15) is 18.4 Å². The molecule has 0 aromatic heterocycles. The highest BCUT2D eigenvalue weighted by molar-refractivity contribution is 6.30. The van der Waals surface area contributed by atoms with Gasteiger partial charge in [0.1, 0.15) is 16.9 Å². The number of allylic oxidation sites excluding steroid dienone is 2. The number of alkyl halides is 3. The summed E-state index contributed by atoms with van der Waals surface area (Å²) in [4.78, 5) is 12.6. The summed E-state index contributed by atoms with van der Waals surface area (Å²) in [6.07, 6.45) is -5.37. The van der Waals surface area contributed by atoms with Crippen molar-refractivity contribution >= 4 is 29.2 Å². The predicted molar refractivity (Wildman–Crippen MR) is 113 cm³/mol. The largest absolute Gasteiger partial charge is 0.454 e. The molecule has 4 nitrogen and oxygen atoms in total. The lowest BCUT2D eigenvalue weighted by molar-refractivity contribution is -0.149. The van der Waals surface area contributed by atoms with Crippen molar-refractivity contribution in [3.63, 3.8) is 0 Å². The quantitative estimate of drug-likeness (QED) is 0.307. The second-order valence-electron chi connectivity index (χ2n) is 8.03. The van der Waals surface area contributed by atoms with Crippen molar-refractivity contribution in [3.05, 3.63) is 70.0 Å². The summed E-state index contributed by atoms with van der Waals surface area (Å²) < 4.78 is 63.2. The average molecular weight is 502 g/mol. The summed E-state index contributed by atoms with van der Waals surface area (Å²) in [5, 5.41) is 8.64. The Morgan fingerprint density at radius 2 is 1.85 bits per heavy atom. The third-order valence-corrected chi connectivity index (χ3v) is 6.00. The van der Waals surface area contributed by atoms with Gasteiger partial charge in [-0.15, -0.1) is 0 Å². The molecule has 1 saturated carbocycles. The van der Waals surface area contributed by atoms with Gasteiger partial charge in [0.2, 0.25) is 6.10 Å². The van der Waals surface area contributed by atoms with E-state index in [1.165, 1.54) is 24.3 Å². The Morgan fingerprint density at radius 1 is 1.21 bits per heavy atom. The van der Waals surface area contributed by atoms with E-state index in [0.717, 1.165) is 12.1 Å². The number of halogens is 6. The SMILES string of the molecule is CC1(C)C(C=C(Cl)C(F)(F)F)C1C(=O)OC(C#N)c1ccc(F)c(Oc2ccc(Cl)cc2)c1. The number of carbonyl (C=O) groups is 1. The zero-order valence-electron chi connectivity index (χ0n) is 17.3. The molecular formula is C23H17Cl2F4NO3. The van der Waals surface area contributed by atoms with Crippen molar-refractivity contribution in [1.82, 2.24) is 0 Å². The minimum Gasteiger partial charge on any atom is -0.454 e. The van der Waals surface area contributed by atoms with Crippen LogP contribution in [-0.2, 0) is 9.53 Å². The van der Waals surface area contributed by atoms with Crippen molar-refractivity contribution in [2.45, 2.75) is 26.1 Å². The van der Waals surface area contributed by atoms with Crippen LogP contribution in [0.1, 0.15) is 25.5 Å². The highest BCUT2D eigenvalue weighted by atomic mass is 35.5. The van der Waals surface area contributed by atoms with E-state index in [4.69, 9.17) is 32.7 Å². The number of benzene rings is 2. The zero-order chi connectivity index (χ0) is 24.6. The molecule has 0 heterocycles. The molecule has 0 saturated heterocycles. The molecule has 1 aliphatic rings. The Labute approximate surface area is 197 Å². The van der Waals surface area contributed by atoms with Gasteiger partial charge < -0.3 is 9.47 Å². The molecule has 0 bridgehead atoms. The van der Waals surface area contributed by atoms with Crippen LogP contribution in [0.15, 0.2) is 53.6 Å². The van der Waals surface area contributed by atoms with Crippen molar-refractivity contribution in [3.8, 4) is 17.6 Å². The standard InChI is InChI=1S/C23H17Cl2F4NO3/c1-22(2)15(10-19(25)23(27,28)29)20(22)21(31)33-18(11-30)12-3-8-16(26)17(9-12)32-14-6-4-13(24)5-7-14/h3-10,15,18,20H,1-2H3. The molecule has 3 unspecified atom stereocenters. The first-order valence-electron chi connectivity index (χ1n) is 9.62. The van der Waals surface area contributed by atoms with E-state index in [0.29, 0.717) is 5.02 Å². The fraction of sp³-hybridized carbons (Fsp3) is 0.304. The van der Waals surface area contributed by atoms with Gasteiger partial charge in [0.05, 0.1) is 5.92 Å². The number of carbonyl (C=O) groups excluding carboxylic acids is 1. The Bertz CT molecular complexity index is 1120. The lowest BCUT2D eigenvalue weighted by atomic mass is 10.1. The van der Waals surface area contributed by atoms with Crippen LogP contribution in [0.2, 0.25) is 5.02 Å². The van der Waals surface area contributed by atoms with Crippen molar-refractivity contribution in [1.29, 1.82) is 5.26 Å². The number of esters is 1. The Hall–Kier alpha value is -2.76. The van der Waals surface area contributed by atoms with Gasteiger partial charge in [0.15, 0.2) is 11.6 Å². The van der Waals surface area contributed by atoms with Gasteiger partial charge in [-0.3, -0.25) is 4.79 Å². The number of rotatable bonds is 6. The molecular weight excluding hydrogens is 485 g/mol. The number of hydrogen-bond acceptors (Lipinski definition) is 4. The van der Waals surface area contributed by atoms with Gasteiger partial charge in [-0.1, -0.05) is 49.2 Å². The van der Waals surface area contributed by atoms with Crippen LogP contribution in [0.4, 0.5) is 17.6 Å². The highest BCUT2D eigenvalue weighted by Gasteiger charge is 2.62. The second kappa shape index (κ2) is 9.24. The summed E-state index contributed by atoms with van der Waals surface area (Å²) in [6, 6.07) is 11.4. The molecule has 2 aromatic carbocycles. The molecule has 0 amide bonds. The van der Waals surface area contributed by atoms with Gasteiger partial charge >= 0.3 is 12.1 Å². The molecule has 0 aliphatic heterocycles. The van der Waals surface area contributed by atoms with Crippen molar-refractivity contribution in [2.24, 2.45) is 17.3 Å². The monoisotopic (exact) mass is 501 g/mol. The van der Waals surface area contributed by atoms with E-state index < -0.39 is 46.3 Å². The van der Waals surface area contributed by atoms with E-state index in [-0.39, 0.29) is 17.1 Å². The number of nitriles is 1. The van der Waals surface area contributed by atoms with Gasteiger partial charge in [-0.05, 0) is 47.7 Å². The summed E-state index contributed by atoms with van der Waals surface area (Å²) >= 11 is 11.1. The third-order valence-electron chi connectivity index (χ3n) is 5.41. The molecule has 0 radical (unpaired) electrons. The van der Waals surface area contributed by atoms with Crippen LogP contribution in [0.3, 0.4) is 0 Å². The molecule has 0 N–H and O–H groups in total. The van der Waals surface area contributed by atoms with Crippen molar-refractivity contribution < 1.29 is 31.8 Å². The van der Waals surface area contributed by atoms with Crippen LogP contribution >= 0.6 is 23.2 Å². The second-order valence-corrected chi connectivity index (χ2v) is 8.87. The maximum Gasteiger partial charge on any atom is 0.426 e. The topological polar surface area (TPSA) is 59.3 Å². The molecule has 2 aromatic rings. The minimum atomic E-state index is -4.72. The molecule has 3 atom stereocenters. The lowest BCUT2D eigenvalue weighted by Gasteiger charge is -2.14. The zero-order valence-corrected chi connectivity index (χ0v) is 18.8. The number of hydrogen-bond donors (Lipinski definition) is 0. The van der Waals surface area contributed by atoms with Crippen LogP contribution in [0.25, 0.3) is 0 Å². The van der Waals surface area contributed by atoms with Crippen LogP contribution in [-0.4, -0.2) is 12.1 Å². The van der Waals surface area contributed by atoms with Crippen LogP contribution in [0.5, 0.6) is 11.5 Å². The maximum absolute atomic E-state index is 14.2. The highest BCUT2D eigenvalue weighted by Crippen LogP contribution is 2.60. The Kier molecular flexibility index (Phi) is 6.96. The van der Waals surface area contributed by atoms with E-state index in [1.54, 1.807) is 32.0 Å². The first-order chi connectivity index (χ1) is 15.3. The molecule has 1 fully saturated rings. The average Bonchev–Trinajstić information content (AvgIpc) is 3.28. The molecule has 1 aliphatic carbocycles. The number of ether oxygens (including phenoxy) is 2. The maximum atomic E-state index is 14.2. The smallest absolute Gasteiger partial charge is 0.426 e. The summed E-state index contributed by atoms with van der Waals surface area (Å²) in [6.45, 7) is 3.19. The Balaban J connectivity index is 1.76. The van der Waals surface area contributed by atoms with E-state index in [1.807, 2.05) is 0 Å². The van der Waals surface area contributed by atoms with E-state index in [2.05, 4.69) is 0 Å². The van der Waals surface area contributed by atoms with Crippen LogP contribution in [0, 0.1) is 34.4 Å². The van der Waals surface area contributed by atoms with Gasteiger partial charge in [0.25, 0.3) is 0 Å². The summed E-state index contributed by atoms with van der Waals surface area (Å²) in [5.74, 6) is -3.23. The molecule has 174 valence electrons. The first kappa shape index (κ1) is 24.9. The van der Waals surface area contributed by atoms with Gasteiger partial charge in [0, 0.05) is 10.6 Å². The van der Waals surface area contributed by atoms with E-state index in [9.17, 15) is 27.6 Å².